The fourth-order valence-corrected chi connectivity index (χ4v) is 3.77. The molecule has 0 spiro atoms. The number of aromatic nitrogens is 2. The normalized spacial score (nSPS) is 12.6. The Morgan fingerprint density at radius 3 is 2.59 bits per heavy atom. The van der Waals surface area contributed by atoms with Crippen molar-refractivity contribution in [3.8, 4) is 11.4 Å². The first kappa shape index (κ1) is 21.4. The summed E-state index contributed by atoms with van der Waals surface area (Å²) in [5, 5.41) is 7.45. The Morgan fingerprint density at radius 2 is 1.81 bits per heavy atom. The molecule has 1 aliphatic carbocycles. The van der Waals surface area contributed by atoms with Gasteiger partial charge in [0, 0.05) is 11.3 Å². The molecule has 1 heterocycles. The van der Waals surface area contributed by atoms with Gasteiger partial charge in [0.15, 0.2) is 5.69 Å². The number of benzene rings is 2. The maximum atomic E-state index is 13.3. The van der Waals surface area contributed by atoms with E-state index in [1.165, 1.54) is 12.1 Å². The summed E-state index contributed by atoms with van der Waals surface area (Å²) in [6.45, 7) is -0.0528. The summed E-state index contributed by atoms with van der Waals surface area (Å²) in [4.78, 5) is 25.0. The van der Waals surface area contributed by atoms with E-state index in [1.54, 1.807) is 36.1 Å². The van der Waals surface area contributed by atoms with Crippen molar-refractivity contribution in [2.24, 2.45) is 0 Å². The number of amides is 2. The summed E-state index contributed by atoms with van der Waals surface area (Å²) in [6.07, 6.45) is 3.45. The van der Waals surface area contributed by atoms with Crippen LogP contribution in [0.3, 0.4) is 0 Å². The van der Waals surface area contributed by atoms with Crippen LogP contribution in [0, 0.1) is 5.82 Å². The molecule has 0 atom stereocenters. The lowest BCUT2D eigenvalue weighted by molar-refractivity contribution is -0.120. The number of carbonyl (C=O) groups is 2. The van der Waals surface area contributed by atoms with Crippen molar-refractivity contribution in [2.45, 2.75) is 25.7 Å². The predicted octanol–water partition coefficient (Wildman–Crippen LogP) is 2.77. The Balaban J connectivity index is 1.43. The quantitative estimate of drug-likeness (QED) is 0.516. The number of hydrogen-bond donors (Lipinski definition) is 3. The largest absolute Gasteiger partial charge is 0.495 e. The number of nitrogens with one attached hydrogen (secondary N) is 3. The van der Waals surface area contributed by atoms with Gasteiger partial charge in [-0.05, 0) is 62.1 Å². The summed E-state index contributed by atoms with van der Waals surface area (Å²) >= 11 is 0. The van der Waals surface area contributed by atoms with E-state index in [2.05, 4.69) is 21.3 Å². The van der Waals surface area contributed by atoms with Gasteiger partial charge in [0.2, 0.25) is 0 Å². The van der Waals surface area contributed by atoms with Crippen molar-refractivity contribution < 1.29 is 18.7 Å². The first-order chi connectivity index (χ1) is 15.6. The van der Waals surface area contributed by atoms with Gasteiger partial charge in [-0.1, -0.05) is 12.1 Å². The van der Waals surface area contributed by atoms with Crippen LogP contribution in [0.15, 0.2) is 48.5 Å². The van der Waals surface area contributed by atoms with Gasteiger partial charge in [-0.15, -0.1) is 0 Å². The van der Waals surface area contributed by atoms with E-state index in [-0.39, 0.29) is 18.1 Å². The van der Waals surface area contributed by atoms with E-state index in [0.717, 1.165) is 36.9 Å². The van der Waals surface area contributed by atoms with E-state index in [0.29, 0.717) is 17.1 Å². The van der Waals surface area contributed by atoms with Gasteiger partial charge < -0.3 is 10.1 Å². The molecule has 0 saturated carbocycles. The summed E-state index contributed by atoms with van der Waals surface area (Å²) in [6, 6.07) is 13.2. The summed E-state index contributed by atoms with van der Waals surface area (Å²) in [7, 11) is 1.55. The summed E-state index contributed by atoms with van der Waals surface area (Å²) in [5.74, 6) is -0.634. The topological polar surface area (TPSA) is 97.3 Å². The number of halogens is 1. The third kappa shape index (κ3) is 4.56. The minimum Gasteiger partial charge on any atom is -0.495 e. The van der Waals surface area contributed by atoms with Crippen LogP contribution in [0.2, 0.25) is 0 Å². The Morgan fingerprint density at radius 1 is 1.06 bits per heavy atom. The molecule has 0 bridgehead atoms. The monoisotopic (exact) mass is 437 g/mol. The molecular formula is C23H24FN5O3. The van der Waals surface area contributed by atoms with Crippen LogP contribution in [0.25, 0.3) is 5.69 Å². The van der Waals surface area contributed by atoms with Crippen LogP contribution in [0.1, 0.15) is 34.6 Å². The second-order valence-corrected chi connectivity index (χ2v) is 7.43. The van der Waals surface area contributed by atoms with Crippen molar-refractivity contribution in [1.82, 2.24) is 20.6 Å². The standard InChI is InChI=1S/C23H24FN5O3/c1-32-20-9-5-3-7-18(20)25-14-21(30)26-27-23(31)22-17-6-2-4-8-19(17)29(28-22)16-12-10-15(24)11-13-16/h3,5,7,9-13,25H,2,4,6,8,14H2,1H3,(H,26,30)(H,27,31). The van der Waals surface area contributed by atoms with Crippen LogP contribution in [-0.4, -0.2) is 35.2 Å². The van der Waals surface area contributed by atoms with E-state index >= 15 is 0 Å². The maximum Gasteiger partial charge on any atom is 0.290 e. The van der Waals surface area contributed by atoms with Gasteiger partial charge in [-0.2, -0.15) is 5.10 Å². The average molecular weight is 437 g/mol. The molecule has 1 aromatic heterocycles. The molecule has 3 N–H and O–H groups in total. The number of anilines is 1. The highest BCUT2D eigenvalue weighted by Crippen LogP contribution is 2.27. The van der Waals surface area contributed by atoms with Crippen LogP contribution < -0.4 is 20.9 Å². The molecule has 0 saturated heterocycles. The van der Waals surface area contributed by atoms with Gasteiger partial charge >= 0.3 is 0 Å². The third-order valence-electron chi connectivity index (χ3n) is 5.33. The zero-order valence-corrected chi connectivity index (χ0v) is 17.7. The molecule has 9 heteroatoms. The summed E-state index contributed by atoms with van der Waals surface area (Å²) in [5.41, 5.74) is 8.28. The Labute approximate surface area is 184 Å². The second kappa shape index (κ2) is 9.51. The molecule has 0 fully saturated rings. The van der Waals surface area contributed by atoms with Gasteiger partial charge in [0.1, 0.15) is 11.6 Å². The van der Waals surface area contributed by atoms with E-state index in [1.807, 2.05) is 12.1 Å². The minimum absolute atomic E-state index is 0.0528. The molecule has 2 amide bonds. The highest BCUT2D eigenvalue weighted by Gasteiger charge is 2.25. The number of nitrogens with zero attached hydrogens (tertiary/aromatic N) is 2. The van der Waals surface area contributed by atoms with Crippen LogP contribution in [0.5, 0.6) is 5.75 Å². The van der Waals surface area contributed by atoms with Crippen molar-refractivity contribution in [3.63, 3.8) is 0 Å². The molecule has 8 nitrogen and oxygen atoms in total. The van der Waals surface area contributed by atoms with E-state index in [4.69, 9.17) is 4.74 Å². The SMILES string of the molecule is COc1ccccc1NCC(=O)NNC(=O)c1nn(-c2ccc(F)cc2)c2c1CCCC2. The van der Waals surface area contributed by atoms with Crippen LogP contribution >= 0.6 is 0 Å². The second-order valence-electron chi connectivity index (χ2n) is 7.43. The Kier molecular flexibility index (Phi) is 6.34. The van der Waals surface area contributed by atoms with E-state index in [9.17, 15) is 14.0 Å². The maximum absolute atomic E-state index is 13.3. The number of methoxy groups -OCH3 is 1. The number of para-hydroxylation sites is 2. The molecule has 4 rings (SSSR count). The van der Waals surface area contributed by atoms with Gasteiger partial charge in [0.05, 0.1) is 25.0 Å². The Hall–Kier alpha value is -3.88. The predicted molar refractivity (Wildman–Crippen MR) is 117 cm³/mol. The van der Waals surface area contributed by atoms with Crippen molar-refractivity contribution in [2.75, 3.05) is 19.0 Å². The number of ether oxygens (including phenoxy) is 1. The number of fused-ring (bicyclic) bond motifs is 1. The molecule has 3 aromatic rings. The highest BCUT2D eigenvalue weighted by molar-refractivity contribution is 5.95. The number of hydrogen-bond acceptors (Lipinski definition) is 5. The first-order valence-electron chi connectivity index (χ1n) is 10.4. The average Bonchev–Trinajstić information content (AvgIpc) is 3.21. The fourth-order valence-electron chi connectivity index (χ4n) is 3.77. The highest BCUT2D eigenvalue weighted by atomic mass is 19.1. The van der Waals surface area contributed by atoms with E-state index < -0.39 is 11.8 Å². The lowest BCUT2D eigenvalue weighted by atomic mass is 9.95. The van der Waals surface area contributed by atoms with Crippen LogP contribution in [0.4, 0.5) is 10.1 Å². The molecular weight excluding hydrogens is 413 g/mol. The van der Waals surface area contributed by atoms with Crippen molar-refractivity contribution in [1.29, 1.82) is 0 Å². The lowest BCUT2D eigenvalue weighted by Crippen LogP contribution is -2.44. The van der Waals surface area contributed by atoms with Crippen molar-refractivity contribution >= 4 is 17.5 Å². The van der Waals surface area contributed by atoms with Crippen LogP contribution in [-0.2, 0) is 17.6 Å². The number of hydrazine groups is 1. The van der Waals surface area contributed by atoms with Gasteiger partial charge in [-0.25, -0.2) is 9.07 Å². The molecule has 166 valence electrons. The minimum atomic E-state index is -0.491. The smallest absolute Gasteiger partial charge is 0.290 e. The van der Waals surface area contributed by atoms with Gasteiger partial charge in [0.25, 0.3) is 11.8 Å². The van der Waals surface area contributed by atoms with Crippen molar-refractivity contribution in [3.05, 3.63) is 71.3 Å². The molecule has 32 heavy (non-hydrogen) atoms. The lowest BCUT2D eigenvalue weighted by Gasteiger charge is -2.14. The van der Waals surface area contributed by atoms with Gasteiger partial charge in [-0.3, -0.25) is 20.4 Å². The first-order valence-corrected chi connectivity index (χ1v) is 10.4. The number of carbonyl (C=O) groups excluding carboxylic acids is 2. The molecule has 0 radical (unpaired) electrons. The molecule has 0 aliphatic heterocycles. The summed E-state index contributed by atoms with van der Waals surface area (Å²) < 4.78 is 20.2. The third-order valence-corrected chi connectivity index (χ3v) is 5.33. The number of rotatable bonds is 6. The zero-order valence-electron chi connectivity index (χ0n) is 17.7. The zero-order chi connectivity index (χ0) is 22.5. The molecule has 2 aromatic carbocycles. The Bertz CT molecular complexity index is 1130. The fraction of sp³-hybridized carbons (Fsp3) is 0.261. The molecule has 1 aliphatic rings. The molecule has 0 unspecified atom stereocenters.